The molecule has 0 aromatic heterocycles. The third kappa shape index (κ3) is 13.1. The molecule has 12 heteroatoms. The molecule has 0 heterocycles. The summed E-state index contributed by atoms with van der Waals surface area (Å²) in [6.07, 6.45) is -0.175. The Balaban J connectivity index is 0. The zero-order chi connectivity index (χ0) is 21.9. The zero-order valence-corrected chi connectivity index (χ0v) is 30.6. The predicted octanol–water partition coefficient (Wildman–Crippen LogP) is -6.10. The summed E-state index contributed by atoms with van der Waals surface area (Å²) in [5, 5.41) is 0. The van der Waals surface area contributed by atoms with Crippen LogP contribution >= 0.6 is 7.60 Å². The van der Waals surface area contributed by atoms with Gasteiger partial charge in [0.05, 0.1) is 4.99 Å². The van der Waals surface area contributed by atoms with Crippen molar-refractivity contribution in [1.82, 2.24) is 0 Å². The van der Waals surface area contributed by atoms with Crippen molar-refractivity contribution < 1.29 is 186 Å². The summed E-state index contributed by atoms with van der Waals surface area (Å²) in [5.74, 6) is 1.23. The monoisotopic (exact) mass is 556 g/mol. The molecule has 32 heavy (non-hydrogen) atoms. The molecule has 0 aliphatic heterocycles. The Kier molecular flexibility index (Phi) is 19.0. The topological polar surface area (TPSA) is 130 Å². The summed E-state index contributed by atoms with van der Waals surface area (Å²) in [4.78, 5) is 19.6. The van der Waals surface area contributed by atoms with E-state index in [9.17, 15) is 27.3 Å². The van der Waals surface area contributed by atoms with Gasteiger partial charge in [-0.25, -0.2) is 8.42 Å². The Bertz CT molecular complexity index is 987. The SMILES string of the molecule is CC(C)(C)c1ccc(Oc2cccc(CCCC(P(=O)([O-])[O-])S(=O)(=O)[O-])c2)cc1.[K+].[K+].[K+]. The van der Waals surface area contributed by atoms with Crippen molar-refractivity contribution in [1.29, 1.82) is 0 Å². The van der Waals surface area contributed by atoms with Crippen LogP contribution in [0.15, 0.2) is 48.5 Å². The maximum atomic E-state index is 11.0. The number of aryl methyl sites for hydroxylation is 1. The summed E-state index contributed by atoms with van der Waals surface area (Å²) in [5.41, 5.74) is 1.98. The van der Waals surface area contributed by atoms with Crippen LogP contribution in [0, 0.1) is 0 Å². The van der Waals surface area contributed by atoms with Crippen LogP contribution in [0.5, 0.6) is 11.5 Å². The summed E-state index contributed by atoms with van der Waals surface area (Å²) in [7, 11) is -10.7. The molecule has 0 saturated heterocycles. The second-order valence-corrected chi connectivity index (χ2v) is 11.5. The molecule has 160 valence electrons. The van der Waals surface area contributed by atoms with Gasteiger partial charge in [0.25, 0.3) is 0 Å². The van der Waals surface area contributed by atoms with Crippen LogP contribution in [0.25, 0.3) is 0 Å². The van der Waals surface area contributed by atoms with E-state index in [0.29, 0.717) is 17.9 Å². The average Bonchev–Trinajstić information content (AvgIpc) is 2.56. The Hall–Kier alpha value is 3.21. The largest absolute Gasteiger partial charge is 1.00 e. The van der Waals surface area contributed by atoms with Crippen molar-refractivity contribution in [2.24, 2.45) is 0 Å². The van der Waals surface area contributed by atoms with Crippen molar-refractivity contribution in [2.45, 2.75) is 50.4 Å². The molecular weight excluding hydrogens is 533 g/mol. The van der Waals surface area contributed by atoms with Gasteiger partial charge >= 0.3 is 154 Å². The minimum atomic E-state index is -5.52. The molecule has 0 bridgehead atoms. The van der Waals surface area contributed by atoms with E-state index in [4.69, 9.17) is 4.74 Å². The van der Waals surface area contributed by atoms with Crippen LogP contribution in [0.4, 0.5) is 0 Å². The van der Waals surface area contributed by atoms with Crippen molar-refractivity contribution in [3.05, 3.63) is 59.7 Å². The van der Waals surface area contributed by atoms with E-state index in [1.165, 1.54) is 5.56 Å². The van der Waals surface area contributed by atoms with Crippen LogP contribution in [-0.4, -0.2) is 18.0 Å². The minimum absolute atomic E-state index is 0. The van der Waals surface area contributed by atoms with Crippen molar-refractivity contribution in [2.75, 3.05) is 0 Å². The van der Waals surface area contributed by atoms with E-state index in [1.807, 2.05) is 24.3 Å². The fourth-order valence-corrected chi connectivity index (χ4v) is 5.08. The van der Waals surface area contributed by atoms with Crippen LogP contribution < -0.4 is 169 Å². The van der Waals surface area contributed by atoms with Gasteiger partial charge in [0.1, 0.15) is 21.6 Å². The van der Waals surface area contributed by atoms with Gasteiger partial charge < -0.3 is 23.6 Å². The second kappa shape index (κ2) is 16.2. The van der Waals surface area contributed by atoms with Gasteiger partial charge in [0.2, 0.25) is 0 Å². The minimum Gasteiger partial charge on any atom is -0.810 e. The number of benzene rings is 2. The molecule has 0 radical (unpaired) electrons. The van der Waals surface area contributed by atoms with E-state index in [-0.39, 0.29) is 166 Å². The van der Waals surface area contributed by atoms with Crippen molar-refractivity contribution in [3.63, 3.8) is 0 Å². The molecule has 1 unspecified atom stereocenters. The number of hydrogen-bond donors (Lipinski definition) is 0. The number of ether oxygens (including phenoxy) is 1. The van der Waals surface area contributed by atoms with Gasteiger partial charge in [-0.2, -0.15) is 0 Å². The van der Waals surface area contributed by atoms with Crippen LogP contribution in [-0.2, 0) is 26.5 Å². The standard InChI is InChI=1S/C20H27O7PS.3K/c1-20(2,3)16-10-12-17(13-11-16)27-18-8-4-6-15(14-18)7-5-9-19(28(21,22)23)29(24,25)26;;;/h4,6,8,10-14,19H,5,7,9H2,1-3H3,(H2,21,22,23)(H,24,25,26);;;/q;3*+1/p-3. The van der Waals surface area contributed by atoms with Gasteiger partial charge in [-0.3, -0.25) is 0 Å². The predicted molar refractivity (Wildman–Crippen MR) is 106 cm³/mol. The molecule has 0 N–H and O–H groups in total. The smallest absolute Gasteiger partial charge is 0.810 e. The normalized spacial score (nSPS) is 12.6. The number of rotatable bonds is 8. The molecule has 2 aromatic rings. The fraction of sp³-hybridized carbons (Fsp3) is 0.400. The van der Waals surface area contributed by atoms with Gasteiger partial charge in [-0.15, -0.1) is 0 Å². The average molecular weight is 557 g/mol. The molecular formula is C20H24K3O7PS. The summed E-state index contributed by atoms with van der Waals surface area (Å²) in [6, 6.07) is 14.8. The molecule has 0 amide bonds. The molecule has 0 fully saturated rings. The Morgan fingerprint density at radius 2 is 1.53 bits per heavy atom. The van der Waals surface area contributed by atoms with E-state index in [0.717, 1.165) is 5.56 Å². The molecule has 2 rings (SSSR count). The van der Waals surface area contributed by atoms with Gasteiger partial charge in [0, 0.05) is 0 Å². The molecule has 0 aliphatic carbocycles. The zero-order valence-electron chi connectivity index (χ0n) is 19.5. The molecule has 0 saturated carbocycles. The fourth-order valence-electron chi connectivity index (χ4n) is 2.86. The maximum Gasteiger partial charge on any atom is 1.00 e. The van der Waals surface area contributed by atoms with Crippen LogP contribution in [0.2, 0.25) is 0 Å². The van der Waals surface area contributed by atoms with Crippen LogP contribution in [0.1, 0.15) is 44.7 Å². The van der Waals surface area contributed by atoms with Gasteiger partial charge in [-0.05, 0) is 60.1 Å². The summed E-state index contributed by atoms with van der Waals surface area (Å²) in [6.45, 7) is 6.36. The third-order valence-corrected chi connectivity index (χ3v) is 7.87. The molecule has 7 nitrogen and oxygen atoms in total. The van der Waals surface area contributed by atoms with Crippen molar-refractivity contribution in [3.8, 4) is 11.5 Å². The quantitative estimate of drug-likeness (QED) is 0.180. The Labute approximate surface area is 318 Å². The van der Waals surface area contributed by atoms with Crippen LogP contribution in [0.3, 0.4) is 0 Å². The first kappa shape index (κ1) is 37.4. The second-order valence-electron chi connectivity index (χ2n) is 7.90. The molecule has 0 aliphatic rings. The molecule has 0 spiro atoms. The molecule has 1 atom stereocenters. The van der Waals surface area contributed by atoms with E-state index < -0.39 is 29.1 Å². The van der Waals surface area contributed by atoms with Crippen molar-refractivity contribution >= 4 is 17.7 Å². The maximum absolute atomic E-state index is 11.0. The first-order chi connectivity index (χ1) is 13.3. The Morgan fingerprint density at radius 1 is 0.969 bits per heavy atom. The first-order valence-corrected chi connectivity index (χ1v) is 12.2. The van der Waals surface area contributed by atoms with Gasteiger partial charge in [-0.1, -0.05) is 52.6 Å². The number of hydrogen-bond acceptors (Lipinski definition) is 7. The summed E-state index contributed by atoms with van der Waals surface area (Å²) < 4.78 is 49.9. The van der Waals surface area contributed by atoms with E-state index in [2.05, 4.69) is 20.8 Å². The Morgan fingerprint density at radius 3 is 2.00 bits per heavy atom. The third-order valence-electron chi connectivity index (χ3n) is 4.46. The molecule has 2 aromatic carbocycles. The first-order valence-electron chi connectivity index (χ1n) is 9.10. The van der Waals surface area contributed by atoms with Gasteiger partial charge in [0.15, 0.2) is 0 Å². The van der Waals surface area contributed by atoms with E-state index >= 15 is 0 Å². The van der Waals surface area contributed by atoms with E-state index in [1.54, 1.807) is 24.3 Å². The summed E-state index contributed by atoms with van der Waals surface area (Å²) >= 11 is 0.